The van der Waals surface area contributed by atoms with Crippen LogP contribution in [0.25, 0.3) is 0 Å². The molecule has 3 rings (SSSR count). The number of rotatable bonds is 1. The second-order valence-corrected chi connectivity index (χ2v) is 4.89. The van der Waals surface area contributed by atoms with Crippen molar-refractivity contribution in [3.8, 4) is 0 Å². The zero-order valence-electron chi connectivity index (χ0n) is 10.2. The van der Waals surface area contributed by atoms with Crippen molar-refractivity contribution >= 4 is 0 Å². The van der Waals surface area contributed by atoms with Crippen molar-refractivity contribution in [1.82, 2.24) is 14.9 Å². The fourth-order valence-corrected chi connectivity index (χ4v) is 3.08. The van der Waals surface area contributed by atoms with Gasteiger partial charge in [0.25, 0.3) is 0 Å². The SMILES string of the molecule is CCc1nc(C)c2c(n1)C1CCCN1CC2. The molecule has 86 valence electrons. The van der Waals surface area contributed by atoms with E-state index in [0.717, 1.165) is 18.7 Å². The molecular formula is C13H19N3. The van der Waals surface area contributed by atoms with E-state index in [1.165, 1.54) is 42.9 Å². The Hall–Kier alpha value is -0.960. The zero-order chi connectivity index (χ0) is 11.1. The van der Waals surface area contributed by atoms with Gasteiger partial charge < -0.3 is 0 Å². The Kier molecular flexibility index (Phi) is 2.43. The predicted molar refractivity (Wildman–Crippen MR) is 63.4 cm³/mol. The van der Waals surface area contributed by atoms with Crippen molar-refractivity contribution in [3.05, 3.63) is 22.8 Å². The van der Waals surface area contributed by atoms with E-state index in [-0.39, 0.29) is 0 Å². The summed E-state index contributed by atoms with van der Waals surface area (Å²) < 4.78 is 0. The van der Waals surface area contributed by atoms with Gasteiger partial charge in [0, 0.05) is 18.7 Å². The summed E-state index contributed by atoms with van der Waals surface area (Å²) in [5.41, 5.74) is 3.99. The first kappa shape index (κ1) is 10.2. The van der Waals surface area contributed by atoms with Crippen molar-refractivity contribution in [2.24, 2.45) is 0 Å². The highest BCUT2D eigenvalue weighted by atomic mass is 15.2. The number of hydrogen-bond acceptors (Lipinski definition) is 3. The maximum atomic E-state index is 4.78. The third kappa shape index (κ3) is 1.46. The van der Waals surface area contributed by atoms with Gasteiger partial charge in [0.15, 0.2) is 0 Å². The molecule has 3 heterocycles. The van der Waals surface area contributed by atoms with Crippen LogP contribution in [0.5, 0.6) is 0 Å². The molecule has 2 aliphatic heterocycles. The van der Waals surface area contributed by atoms with Gasteiger partial charge in [-0.05, 0) is 38.3 Å². The van der Waals surface area contributed by atoms with Crippen LogP contribution in [0.4, 0.5) is 0 Å². The van der Waals surface area contributed by atoms with Gasteiger partial charge in [0.05, 0.1) is 11.7 Å². The third-order valence-corrected chi connectivity index (χ3v) is 3.94. The lowest BCUT2D eigenvalue weighted by atomic mass is 9.97. The molecule has 1 aromatic heterocycles. The van der Waals surface area contributed by atoms with Crippen LogP contribution in [0, 0.1) is 6.92 Å². The minimum absolute atomic E-state index is 0.593. The van der Waals surface area contributed by atoms with Gasteiger partial charge in [0.2, 0.25) is 0 Å². The number of nitrogens with zero attached hydrogens (tertiary/aromatic N) is 3. The first-order valence-corrected chi connectivity index (χ1v) is 6.40. The highest BCUT2D eigenvalue weighted by Gasteiger charge is 2.33. The number of aryl methyl sites for hydroxylation is 2. The van der Waals surface area contributed by atoms with Crippen molar-refractivity contribution in [2.45, 2.75) is 45.6 Å². The fraction of sp³-hybridized carbons (Fsp3) is 0.692. The van der Waals surface area contributed by atoms with E-state index >= 15 is 0 Å². The van der Waals surface area contributed by atoms with E-state index in [9.17, 15) is 0 Å². The molecule has 0 amide bonds. The van der Waals surface area contributed by atoms with E-state index in [1.54, 1.807) is 0 Å². The highest BCUT2D eigenvalue weighted by molar-refractivity contribution is 5.31. The minimum Gasteiger partial charge on any atom is -0.294 e. The molecule has 0 saturated carbocycles. The van der Waals surface area contributed by atoms with Gasteiger partial charge in [-0.2, -0.15) is 0 Å². The Bertz CT molecular complexity index is 414. The van der Waals surface area contributed by atoms with Gasteiger partial charge >= 0.3 is 0 Å². The average Bonchev–Trinajstić information content (AvgIpc) is 2.77. The van der Waals surface area contributed by atoms with Crippen molar-refractivity contribution in [3.63, 3.8) is 0 Å². The molecule has 0 radical (unpaired) electrons. The predicted octanol–water partition coefficient (Wildman–Crippen LogP) is 2.04. The molecule has 3 nitrogen and oxygen atoms in total. The second-order valence-electron chi connectivity index (χ2n) is 4.89. The topological polar surface area (TPSA) is 29.0 Å². The maximum Gasteiger partial charge on any atom is 0.128 e. The molecule has 1 atom stereocenters. The number of aromatic nitrogens is 2. The van der Waals surface area contributed by atoms with Crippen LogP contribution in [0.2, 0.25) is 0 Å². The number of hydrogen-bond donors (Lipinski definition) is 0. The van der Waals surface area contributed by atoms with Crippen LogP contribution >= 0.6 is 0 Å². The molecule has 1 fully saturated rings. The van der Waals surface area contributed by atoms with E-state index in [1.807, 2.05) is 0 Å². The van der Waals surface area contributed by atoms with E-state index in [2.05, 4.69) is 23.7 Å². The van der Waals surface area contributed by atoms with Crippen LogP contribution in [-0.4, -0.2) is 28.0 Å². The number of fused-ring (bicyclic) bond motifs is 3. The Balaban J connectivity index is 2.09. The first-order valence-electron chi connectivity index (χ1n) is 6.40. The fourth-order valence-electron chi connectivity index (χ4n) is 3.08. The van der Waals surface area contributed by atoms with Crippen LogP contribution in [0.15, 0.2) is 0 Å². The molecule has 0 bridgehead atoms. The standard InChI is InChI=1S/C13H19N3/c1-3-12-14-9(2)10-6-8-16-7-4-5-11(16)13(10)15-12/h11H,3-8H2,1-2H3. The molecular weight excluding hydrogens is 198 g/mol. The summed E-state index contributed by atoms with van der Waals surface area (Å²) in [6.45, 7) is 6.74. The van der Waals surface area contributed by atoms with Crippen molar-refractivity contribution < 1.29 is 0 Å². The van der Waals surface area contributed by atoms with E-state index in [0.29, 0.717) is 6.04 Å². The molecule has 0 spiro atoms. The van der Waals surface area contributed by atoms with Crippen LogP contribution in [0.1, 0.15) is 48.6 Å². The summed E-state index contributed by atoms with van der Waals surface area (Å²) in [6, 6.07) is 0.593. The molecule has 0 N–H and O–H groups in total. The lowest BCUT2D eigenvalue weighted by molar-refractivity contribution is 0.237. The largest absolute Gasteiger partial charge is 0.294 e. The first-order chi connectivity index (χ1) is 7.79. The summed E-state index contributed by atoms with van der Waals surface area (Å²) in [5.74, 6) is 1.02. The molecule has 1 saturated heterocycles. The van der Waals surface area contributed by atoms with Gasteiger partial charge in [0.1, 0.15) is 5.82 Å². The average molecular weight is 217 g/mol. The van der Waals surface area contributed by atoms with Gasteiger partial charge in [-0.3, -0.25) is 4.90 Å². The van der Waals surface area contributed by atoms with Crippen molar-refractivity contribution in [2.75, 3.05) is 13.1 Å². The Morgan fingerprint density at radius 1 is 1.31 bits per heavy atom. The van der Waals surface area contributed by atoms with Gasteiger partial charge in [-0.1, -0.05) is 6.92 Å². The Morgan fingerprint density at radius 3 is 3.00 bits per heavy atom. The van der Waals surface area contributed by atoms with Crippen molar-refractivity contribution in [1.29, 1.82) is 0 Å². The molecule has 2 aliphatic rings. The summed E-state index contributed by atoms with van der Waals surface area (Å²) in [5, 5.41) is 0. The molecule has 3 heteroatoms. The smallest absolute Gasteiger partial charge is 0.128 e. The van der Waals surface area contributed by atoms with Crippen LogP contribution < -0.4 is 0 Å². The zero-order valence-corrected chi connectivity index (χ0v) is 10.2. The summed E-state index contributed by atoms with van der Waals surface area (Å²) in [6.07, 6.45) is 4.70. The Labute approximate surface area is 96.9 Å². The molecule has 1 aromatic rings. The Morgan fingerprint density at radius 2 is 2.19 bits per heavy atom. The van der Waals surface area contributed by atoms with Crippen LogP contribution in [0.3, 0.4) is 0 Å². The molecule has 16 heavy (non-hydrogen) atoms. The minimum atomic E-state index is 0.593. The summed E-state index contributed by atoms with van der Waals surface area (Å²) in [4.78, 5) is 12.0. The monoisotopic (exact) mass is 217 g/mol. The molecule has 1 unspecified atom stereocenters. The quantitative estimate of drug-likeness (QED) is 0.721. The highest BCUT2D eigenvalue weighted by Crippen LogP contribution is 2.36. The van der Waals surface area contributed by atoms with Gasteiger partial charge in [-0.15, -0.1) is 0 Å². The van der Waals surface area contributed by atoms with Gasteiger partial charge in [-0.25, -0.2) is 9.97 Å². The normalized spacial score (nSPS) is 24.2. The maximum absolute atomic E-state index is 4.78. The molecule has 0 aliphatic carbocycles. The lowest BCUT2D eigenvalue weighted by Crippen LogP contribution is -2.32. The lowest BCUT2D eigenvalue weighted by Gasteiger charge is -2.31. The second kappa shape index (κ2) is 3.81. The summed E-state index contributed by atoms with van der Waals surface area (Å²) >= 11 is 0. The van der Waals surface area contributed by atoms with E-state index < -0.39 is 0 Å². The molecule has 0 aromatic carbocycles. The summed E-state index contributed by atoms with van der Waals surface area (Å²) in [7, 11) is 0. The van der Waals surface area contributed by atoms with Crippen LogP contribution in [-0.2, 0) is 12.8 Å². The van der Waals surface area contributed by atoms with E-state index in [4.69, 9.17) is 4.98 Å². The third-order valence-electron chi connectivity index (χ3n) is 3.94.